The predicted molar refractivity (Wildman–Crippen MR) is 75.9 cm³/mol. The maximum atomic E-state index is 10.7. The summed E-state index contributed by atoms with van der Waals surface area (Å²) in [5, 5.41) is 10.7. The summed E-state index contributed by atoms with van der Waals surface area (Å²) in [5.41, 5.74) is 2.40. The molecule has 0 saturated heterocycles. The number of nitrogens with zero attached hydrogens (tertiary/aromatic N) is 3. The van der Waals surface area contributed by atoms with Crippen LogP contribution in [0.1, 0.15) is 11.4 Å². The third kappa shape index (κ3) is 2.39. The minimum Gasteiger partial charge on any atom is -0.338 e. The van der Waals surface area contributed by atoms with E-state index in [-0.39, 0.29) is 5.69 Å². The Morgan fingerprint density at radius 2 is 1.95 bits per heavy atom. The molecule has 0 bridgehead atoms. The van der Waals surface area contributed by atoms with Gasteiger partial charge in [0.1, 0.15) is 5.82 Å². The normalized spacial score (nSPS) is 11.2. The summed E-state index contributed by atoms with van der Waals surface area (Å²) in [5.74, 6) is 0.650. The van der Waals surface area contributed by atoms with Crippen LogP contribution < -0.4 is 0 Å². The first-order valence-electron chi connectivity index (χ1n) is 5.95. The van der Waals surface area contributed by atoms with Crippen molar-refractivity contribution in [3.05, 3.63) is 64.2 Å². The van der Waals surface area contributed by atoms with Gasteiger partial charge in [-0.25, -0.2) is 4.98 Å². The Hall–Kier alpha value is -3.02. The molecule has 1 aromatic carbocycles. The third-order valence-corrected chi connectivity index (χ3v) is 2.83. The van der Waals surface area contributed by atoms with Crippen molar-refractivity contribution < 1.29 is 4.92 Å². The highest BCUT2D eigenvalue weighted by molar-refractivity contribution is 5.80. The molecule has 98 valence electrons. The summed E-state index contributed by atoms with van der Waals surface area (Å²) in [6.07, 6.45) is 7.14. The van der Waals surface area contributed by atoms with Crippen LogP contribution in [0.15, 0.2) is 42.7 Å². The molecular formula is C14H10N4O2. The second kappa shape index (κ2) is 4.93. The van der Waals surface area contributed by atoms with Gasteiger partial charge in [-0.3, -0.25) is 15.1 Å². The van der Waals surface area contributed by atoms with Crippen LogP contribution in [0.2, 0.25) is 0 Å². The Bertz CT molecular complexity index is 793. The standard InChI is InChI=1S/C14H10N4O2/c19-18(20)11-2-3-12-13(9-11)17-14(16-12)4-1-10-5-7-15-8-6-10/h1-9H,(H,16,17). The van der Waals surface area contributed by atoms with Gasteiger partial charge in [-0.2, -0.15) is 0 Å². The van der Waals surface area contributed by atoms with Crippen LogP contribution in [0.4, 0.5) is 5.69 Å². The van der Waals surface area contributed by atoms with E-state index in [2.05, 4.69) is 15.0 Å². The molecule has 1 N–H and O–H groups in total. The molecule has 6 nitrogen and oxygen atoms in total. The van der Waals surface area contributed by atoms with E-state index in [0.29, 0.717) is 16.9 Å². The van der Waals surface area contributed by atoms with Crippen molar-refractivity contribution in [2.24, 2.45) is 0 Å². The largest absolute Gasteiger partial charge is 0.338 e. The molecule has 6 heteroatoms. The number of imidazole rings is 1. The van der Waals surface area contributed by atoms with Gasteiger partial charge >= 0.3 is 0 Å². The zero-order valence-electron chi connectivity index (χ0n) is 10.4. The number of hydrogen-bond acceptors (Lipinski definition) is 4. The number of H-pyrrole nitrogens is 1. The van der Waals surface area contributed by atoms with Gasteiger partial charge in [-0.05, 0) is 29.8 Å². The highest BCUT2D eigenvalue weighted by Gasteiger charge is 2.08. The van der Waals surface area contributed by atoms with Crippen molar-refractivity contribution in [2.75, 3.05) is 0 Å². The van der Waals surface area contributed by atoms with Gasteiger partial charge in [0.15, 0.2) is 0 Å². The van der Waals surface area contributed by atoms with E-state index in [1.807, 2.05) is 24.3 Å². The molecule has 0 aliphatic rings. The fourth-order valence-electron chi connectivity index (χ4n) is 1.86. The minimum atomic E-state index is -0.424. The Labute approximate surface area is 114 Å². The lowest BCUT2D eigenvalue weighted by Gasteiger charge is -1.89. The average Bonchev–Trinajstić information content (AvgIpc) is 2.88. The van der Waals surface area contributed by atoms with Gasteiger partial charge < -0.3 is 4.98 Å². The number of rotatable bonds is 3. The van der Waals surface area contributed by atoms with Crippen LogP contribution in [0.3, 0.4) is 0 Å². The van der Waals surface area contributed by atoms with E-state index in [9.17, 15) is 10.1 Å². The Morgan fingerprint density at radius 3 is 2.70 bits per heavy atom. The minimum absolute atomic E-state index is 0.0470. The van der Waals surface area contributed by atoms with Gasteiger partial charge in [-0.1, -0.05) is 6.08 Å². The number of fused-ring (bicyclic) bond motifs is 1. The second-order valence-corrected chi connectivity index (χ2v) is 4.19. The second-order valence-electron chi connectivity index (χ2n) is 4.19. The Balaban J connectivity index is 1.93. The molecule has 2 heterocycles. The van der Waals surface area contributed by atoms with E-state index in [1.165, 1.54) is 12.1 Å². The van der Waals surface area contributed by atoms with Crippen molar-refractivity contribution in [3.63, 3.8) is 0 Å². The van der Waals surface area contributed by atoms with Crippen LogP contribution in [-0.2, 0) is 0 Å². The first-order chi connectivity index (χ1) is 9.72. The quantitative estimate of drug-likeness (QED) is 0.583. The Morgan fingerprint density at radius 1 is 1.15 bits per heavy atom. The number of nitro groups is 1. The first-order valence-corrected chi connectivity index (χ1v) is 5.95. The molecule has 3 aromatic rings. The molecule has 0 aliphatic heterocycles. The molecule has 0 amide bonds. The molecular weight excluding hydrogens is 256 g/mol. The number of non-ortho nitro benzene ring substituents is 1. The van der Waals surface area contributed by atoms with E-state index in [1.54, 1.807) is 18.5 Å². The van der Waals surface area contributed by atoms with Crippen LogP contribution in [0, 0.1) is 10.1 Å². The lowest BCUT2D eigenvalue weighted by Crippen LogP contribution is -1.86. The molecule has 0 atom stereocenters. The SMILES string of the molecule is O=[N+]([O-])c1ccc2nc(C=Cc3ccncc3)[nH]c2c1. The van der Waals surface area contributed by atoms with Gasteiger partial charge in [0.2, 0.25) is 0 Å². The number of nitro benzene ring substituents is 1. The maximum absolute atomic E-state index is 10.7. The monoisotopic (exact) mass is 266 g/mol. The van der Waals surface area contributed by atoms with Crippen molar-refractivity contribution in [1.82, 2.24) is 15.0 Å². The van der Waals surface area contributed by atoms with E-state index in [0.717, 1.165) is 5.56 Å². The summed E-state index contributed by atoms with van der Waals surface area (Å²) < 4.78 is 0. The highest BCUT2D eigenvalue weighted by Crippen LogP contribution is 2.19. The Kier molecular flexibility index (Phi) is 2.96. The van der Waals surface area contributed by atoms with Crippen LogP contribution in [-0.4, -0.2) is 19.9 Å². The first kappa shape index (κ1) is 12.0. The topological polar surface area (TPSA) is 84.7 Å². The van der Waals surface area contributed by atoms with Crippen LogP contribution >= 0.6 is 0 Å². The molecule has 0 fully saturated rings. The number of aromatic amines is 1. The molecule has 0 radical (unpaired) electrons. The zero-order chi connectivity index (χ0) is 13.9. The number of benzene rings is 1. The molecule has 20 heavy (non-hydrogen) atoms. The maximum Gasteiger partial charge on any atom is 0.271 e. The summed E-state index contributed by atoms with van der Waals surface area (Å²) in [6.45, 7) is 0. The number of hydrogen-bond donors (Lipinski definition) is 1. The van der Waals surface area contributed by atoms with E-state index >= 15 is 0 Å². The zero-order valence-corrected chi connectivity index (χ0v) is 10.4. The number of pyridine rings is 1. The van der Waals surface area contributed by atoms with Crippen LogP contribution in [0.25, 0.3) is 23.2 Å². The van der Waals surface area contributed by atoms with Gasteiger partial charge in [0.25, 0.3) is 5.69 Å². The summed E-state index contributed by atoms with van der Waals surface area (Å²) in [4.78, 5) is 21.6. The highest BCUT2D eigenvalue weighted by atomic mass is 16.6. The summed E-state index contributed by atoms with van der Waals surface area (Å²) in [6, 6.07) is 8.31. The molecule has 0 spiro atoms. The van der Waals surface area contributed by atoms with Crippen molar-refractivity contribution in [2.45, 2.75) is 0 Å². The van der Waals surface area contributed by atoms with Crippen molar-refractivity contribution in [1.29, 1.82) is 0 Å². The number of nitrogens with one attached hydrogen (secondary N) is 1. The average molecular weight is 266 g/mol. The number of aromatic nitrogens is 3. The molecule has 0 aliphatic carbocycles. The van der Waals surface area contributed by atoms with E-state index in [4.69, 9.17) is 0 Å². The van der Waals surface area contributed by atoms with Crippen molar-refractivity contribution >= 4 is 28.9 Å². The summed E-state index contributed by atoms with van der Waals surface area (Å²) >= 11 is 0. The predicted octanol–water partition coefficient (Wildman–Crippen LogP) is 3.04. The van der Waals surface area contributed by atoms with Crippen molar-refractivity contribution in [3.8, 4) is 0 Å². The molecule has 0 saturated carbocycles. The lowest BCUT2D eigenvalue weighted by molar-refractivity contribution is -0.384. The fraction of sp³-hybridized carbons (Fsp3) is 0. The molecule has 2 aromatic heterocycles. The third-order valence-electron chi connectivity index (χ3n) is 2.83. The van der Waals surface area contributed by atoms with Gasteiger partial charge in [0, 0.05) is 24.5 Å². The fourth-order valence-corrected chi connectivity index (χ4v) is 1.86. The molecule has 3 rings (SSSR count). The molecule has 0 unspecified atom stereocenters. The summed E-state index contributed by atoms with van der Waals surface area (Å²) in [7, 11) is 0. The van der Waals surface area contributed by atoms with E-state index < -0.39 is 4.92 Å². The van der Waals surface area contributed by atoms with Crippen LogP contribution in [0.5, 0.6) is 0 Å². The lowest BCUT2D eigenvalue weighted by atomic mass is 10.2. The smallest absolute Gasteiger partial charge is 0.271 e. The van der Waals surface area contributed by atoms with Gasteiger partial charge in [-0.15, -0.1) is 0 Å². The van der Waals surface area contributed by atoms with Gasteiger partial charge in [0.05, 0.1) is 16.0 Å².